The lowest BCUT2D eigenvalue weighted by molar-refractivity contribution is 0.640. The molecule has 3 rings (SSSR count). The van der Waals surface area contributed by atoms with Crippen LogP contribution < -0.4 is 11.1 Å². The highest BCUT2D eigenvalue weighted by molar-refractivity contribution is 5.86. The third kappa shape index (κ3) is 1.55. The molecule has 0 aliphatic carbocycles. The summed E-state index contributed by atoms with van der Waals surface area (Å²) in [6, 6.07) is 7.28. The van der Waals surface area contributed by atoms with Crippen molar-refractivity contribution < 1.29 is 4.39 Å². The fraction of sp³-hybridized carbons (Fsp3) is 0. The molecule has 0 bridgehead atoms. The zero-order chi connectivity index (χ0) is 12.7. The van der Waals surface area contributed by atoms with Crippen LogP contribution in [0.25, 0.3) is 22.2 Å². The molecule has 2 heterocycles. The van der Waals surface area contributed by atoms with Crippen LogP contribution in [0.2, 0.25) is 0 Å². The van der Waals surface area contributed by atoms with Gasteiger partial charge in [0.2, 0.25) is 0 Å². The van der Waals surface area contributed by atoms with E-state index in [1.807, 2.05) is 0 Å². The number of fused-ring (bicyclic) bond motifs is 1. The molecule has 0 atom stereocenters. The summed E-state index contributed by atoms with van der Waals surface area (Å²) in [7, 11) is 0. The Morgan fingerprint density at radius 2 is 1.89 bits per heavy atom. The number of nitrogens with one attached hydrogen (secondary N) is 3. The van der Waals surface area contributed by atoms with Crippen LogP contribution in [0.15, 0.2) is 39.9 Å². The van der Waals surface area contributed by atoms with Gasteiger partial charge in [-0.05, 0) is 18.2 Å². The van der Waals surface area contributed by atoms with E-state index in [-0.39, 0.29) is 11.4 Å². The fourth-order valence-corrected chi connectivity index (χ4v) is 1.88. The maximum Gasteiger partial charge on any atom is 0.272 e. The van der Waals surface area contributed by atoms with Gasteiger partial charge in [-0.2, -0.15) is 0 Å². The van der Waals surface area contributed by atoms with Crippen molar-refractivity contribution >= 4 is 10.9 Å². The molecule has 2 aromatic heterocycles. The predicted octanol–water partition coefficient (Wildman–Crippen LogP) is 1.35. The van der Waals surface area contributed by atoms with E-state index in [0.717, 1.165) is 0 Å². The number of aromatic nitrogens is 3. The SMILES string of the molecule is O=c1cc(-c2cc3c(F)cccc3[nH]2)c(=O)[nH][nH]1. The number of aromatic amines is 3. The Morgan fingerprint density at radius 1 is 1.06 bits per heavy atom. The minimum atomic E-state index is -0.443. The van der Waals surface area contributed by atoms with Crippen molar-refractivity contribution in [2.24, 2.45) is 0 Å². The number of rotatable bonds is 1. The molecule has 3 aromatic rings. The van der Waals surface area contributed by atoms with Crippen molar-refractivity contribution in [3.63, 3.8) is 0 Å². The van der Waals surface area contributed by atoms with Crippen molar-refractivity contribution in [2.75, 3.05) is 0 Å². The van der Waals surface area contributed by atoms with Gasteiger partial charge in [-0.3, -0.25) is 19.8 Å². The van der Waals surface area contributed by atoms with Crippen molar-refractivity contribution in [1.82, 2.24) is 15.2 Å². The van der Waals surface area contributed by atoms with Crippen molar-refractivity contribution in [3.05, 3.63) is 56.9 Å². The Bertz CT molecular complexity index is 844. The highest BCUT2D eigenvalue weighted by Crippen LogP contribution is 2.23. The monoisotopic (exact) mass is 245 g/mol. The quantitative estimate of drug-likeness (QED) is 0.604. The topological polar surface area (TPSA) is 81.5 Å². The summed E-state index contributed by atoms with van der Waals surface area (Å²) in [6.45, 7) is 0. The van der Waals surface area contributed by atoms with Crippen LogP contribution in [0.5, 0.6) is 0 Å². The van der Waals surface area contributed by atoms with E-state index in [9.17, 15) is 14.0 Å². The van der Waals surface area contributed by atoms with Gasteiger partial charge in [0.1, 0.15) is 5.82 Å². The van der Waals surface area contributed by atoms with Crippen LogP contribution in [0, 0.1) is 5.82 Å². The van der Waals surface area contributed by atoms with Crippen LogP contribution >= 0.6 is 0 Å². The molecule has 0 spiro atoms. The Kier molecular flexibility index (Phi) is 2.16. The highest BCUT2D eigenvalue weighted by atomic mass is 19.1. The lowest BCUT2D eigenvalue weighted by atomic mass is 10.2. The first-order chi connectivity index (χ1) is 8.65. The van der Waals surface area contributed by atoms with E-state index in [1.165, 1.54) is 18.2 Å². The highest BCUT2D eigenvalue weighted by Gasteiger charge is 2.10. The molecule has 1 aromatic carbocycles. The number of hydrogen-bond acceptors (Lipinski definition) is 2. The van der Waals surface area contributed by atoms with Crippen LogP contribution in [-0.2, 0) is 0 Å². The molecule has 6 heteroatoms. The molecule has 0 radical (unpaired) electrons. The number of halogens is 1. The zero-order valence-electron chi connectivity index (χ0n) is 9.08. The van der Waals surface area contributed by atoms with Crippen LogP contribution in [-0.4, -0.2) is 15.2 Å². The third-order valence-corrected chi connectivity index (χ3v) is 2.72. The number of hydrogen-bond donors (Lipinski definition) is 3. The van der Waals surface area contributed by atoms with E-state index in [0.29, 0.717) is 16.6 Å². The molecule has 0 aliphatic rings. The van der Waals surface area contributed by atoms with Gasteiger partial charge in [-0.15, -0.1) is 0 Å². The molecule has 90 valence electrons. The minimum Gasteiger partial charge on any atom is -0.354 e. The summed E-state index contributed by atoms with van der Waals surface area (Å²) in [5, 5.41) is 4.77. The van der Waals surface area contributed by atoms with Gasteiger partial charge in [0.05, 0.1) is 11.3 Å². The molecule has 3 N–H and O–H groups in total. The molecular formula is C12H8FN3O2. The van der Waals surface area contributed by atoms with E-state index in [1.54, 1.807) is 12.1 Å². The molecule has 0 saturated carbocycles. The standard InChI is InChI=1S/C12H8FN3O2/c13-8-2-1-3-9-6(8)4-10(14-9)7-5-11(17)15-16-12(7)18/h1-5,14H,(H,15,17)(H,16,18). The molecule has 0 aliphatic heterocycles. The van der Waals surface area contributed by atoms with E-state index in [4.69, 9.17) is 0 Å². The second-order valence-electron chi connectivity index (χ2n) is 3.89. The Hall–Kier alpha value is -2.63. The first kappa shape index (κ1) is 10.5. The van der Waals surface area contributed by atoms with Gasteiger partial charge < -0.3 is 4.98 Å². The van der Waals surface area contributed by atoms with E-state index < -0.39 is 11.1 Å². The molecular weight excluding hydrogens is 237 g/mol. The smallest absolute Gasteiger partial charge is 0.272 e. The normalized spacial score (nSPS) is 10.9. The van der Waals surface area contributed by atoms with Crippen LogP contribution in [0.3, 0.4) is 0 Å². The summed E-state index contributed by atoms with van der Waals surface area (Å²) in [4.78, 5) is 25.7. The first-order valence-corrected chi connectivity index (χ1v) is 5.25. The average molecular weight is 245 g/mol. The summed E-state index contributed by atoms with van der Waals surface area (Å²) in [5.41, 5.74) is 0.284. The van der Waals surface area contributed by atoms with E-state index in [2.05, 4.69) is 15.2 Å². The molecule has 18 heavy (non-hydrogen) atoms. The molecule has 0 saturated heterocycles. The van der Waals surface area contributed by atoms with Gasteiger partial charge in [-0.25, -0.2) is 4.39 Å². The summed E-state index contributed by atoms with van der Waals surface area (Å²) in [6.07, 6.45) is 0. The Morgan fingerprint density at radius 3 is 2.67 bits per heavy atom. The van der Waals surface area contributed by atoms with Gasteiger partial charge >= 0.3 is 0 Å². The number of H-pyrrole nitrogens is 3. The molecule has 0 amide bonds. The predicted molar refractivity (Wildman–Crippen MR) is 64.9 cm³/mol. The molecule has 0 unspecified atom stereocenters. The Labute approximate surface area is 99.3 Å². The second kappa shape index (κ2) is 3.69. The van der Waals surface area contributed by atoms with Gasteiger partial charge in [0.25, 0.3) is 11.1 Å². The van der Waals surface area contributed by atoms with Crippen LogP contribution in [0.4, 0.5) is 4.39 Å². The van der Waals surface area contributed by atoms with E-state index >= 15 is 0 Å². The van der Waals surface area contributed by atoms with Crippen molar-refractivity contribution in [2.45, 2.75) is 0 Å². The largest absolute Gasteiger partial charge is 0.354 e. The van der Waals surface area contributed by atoms with Gasteiger partial charge in [0, 0.05) is 17.0 Å². The summed E-state index contributed by atoms with van der Waals surface area (Å²) < 4.78 is 13.5. The summed E-state index contributed by atoms with van der Waals surface area (Å²) >= 11 is 0. The van der Waals surface area contributed by atoms with Crippen molar-refractivity contribution in [1.29, 1.82) is 0 Å². The second-order valence-corrected chi connectivity index (χ2v) is 3.89. The van der Waals surface area contributed by atoms with Gasteiger partial charge in [0.15, 0.2) is 0 Å². The lowest BCUT2D eigenvalue weighted by Gasteiger charge is -1.94. The minimum absolute atomic E-state index is 0.175. The van der Waals surface area contributed by atoms with Crippen LogP contribution in [0.1, 0.15) is 0 Å². The number of benzene rings is 1. The molecule has 5 nitrogen and oxygen atoms in total. The van der Waals surface area contributed by atoms with Crippen molar-refractivity contribution in [3.8, 4) is 11.3 Å². The lowest BCUT2D eigenvalue weighted by Crippen LogP contribution is -2.19. The Balaban J connectivity index is 2.32. The fourth-order valence-electron chi connectivity index (χ4n) is 1.88. The molecule has 0 fully saturated rings. The maximum absolute atomic E-state index is 13.5. The van der Waals surface area contributed by atoms with Gasteiger partial charge in [-0.1, -0.05) is 6.07 Å². The third-order valence-electron chi connectivity index (χ3n) is 2.72. The first-order valence-electron chi connectivity index (χ1n) is 5.25. The average Bonchev–Trinajstić information content (AvgIpc) is 2.77. The zero-order valence-corrected chi connectivity index (χ0v) is 9.08. The maximum atomic E-state index is 13.5. The summed E-state index contributed by atoms with van der Waals surface area (Å²) in [5.74, 6) is -0.378.